The molecular weight excluding hydrogens is 164 g/mol. The van der Waals surface area contributed by atoms with Gasteiger partial charge < -0.3 is 9.64 Å². The lowest BCUT2D eigenvalue weighted by atomic mass is 10.1. The normalized spacial score (nSPS) is 9.08. The van der Waals surface area contributed by atoms with E-state index in [9.17, 15) is 0 Å². The Morgan fingerprint density at radius 2 is 2.08 bits per heavy atom. The number of ether oxygens (including phenoxy) is 1. The van der Waals surface area contributed by atoms with Gasteiger partial charge in [-0.3, -0.25) is 0 Å². The molecule has 0 radical (unpaired) electrons. The Hall–Kier alpha value is -1.69. The molecule has 0 fully saturated rings. The number of anilines is 1. The average Bonchev–Trinajstić information content (AvgIpc) is 2.16. The van der Waals surface area contributed by atoms with Gasteiger partial charge in [0.15, 0.2) is 0 Å². The van der Waals surface area contributed by atoms with Crippen LogP contribution < -0.4 is 9.64 Å². The molecule has 0 amide bonds. The van der Waals surface area contributed by atoms with E-state index in [0.717, 1.165) is 11.4 Å². The second-order valence-electron chi connectivity index (χ2n) is 2.86. The summed E-state index contributed by atoms with van der Waals surface area (Å²) in [5, 5.41) is 8.86. The average molecular weight is 176 g/mol. The molecule has 3 heteroatoms. The molecule has 1 rings (SSSR count). The van der Waals surface area contributed by atoms with Crippen LogP contribution in [0, 0.1) is 11.3 Å². The van der Waals surface area contributed by atoms with Crippen LogP contribution in [-0.2, 0) is 0 Å². The molecule has 68 valence electrons. The minimum atomic E-state index is 0.629. The van der Waals surface area contributed by atoms with Crippen LogP contribution in [0.2, 0.25) is 0 Å². The zero-order chi connectivity index (χ0) is 9.84. The first kappa shape index (κ1) is 9.40. The van der Waals surface area contributed by atoms with Gasteiger partial charge in [-0.25, -0.2) is 0 Å². The standard InChI is InChI=1S/C10H12N2O/c1-12(2)10-8(7-11)5-4-6-9(10)13-3/h4-6H,1-3H3. The van der Waals surface area contributed by atoms with Crippen LogP contribution in [0.15, 0.2) is 18.2 Å². The summed E-state index contributed by atoms with van der Waals surface area (Å²) in [5.41, 5.74) is 1.46. The van der Waals surface area contributed by atoms with Gasteiger partial charge in [0, 0.05) is 14.1 Å². The van der Waals surface area contributed by atoms with Crippen LogP contribution in [0.1, 0.15) is 5.56 Å². The Balaban J connectivity index is 3.32. The summed E-state index contributed by atoms with van der Waals surface area (Å²) in [4.78, 5) is 1.87. The molecule has 0 saturated carbocycles. The molecular formula is C10H12N2O. The molecule has 1 aromatic rings. The molecule has 13 heavy (non-hydrogen) atoms. The van der Waals surface area contributed by atoms with Crippen molar-refractivity contribution >= 4 is 5.69 Å². The van der Waals surface area contributed by atoms with E-state index >= 15 is 0 Å². The summed E-state index contributed by atoms with van der Waals surface area (Å²) in [6.45, 7) is 0. The Bertz CT molecular complexity index is 339. The molecule has 0 unspecified atom stereocenters. The summed E-state index contributed by atoms with van der Waals surface area (Å²) in [7, 11) is 5.38. The first-order chi connectivity index (χ1) is 6.20. The molecule has 0 aromatic heterocycles. The lowest BCUT2D eigenvalue weighted by molar-refractivity contribution is 0.415. The van der Waals surface area contributed by atoms with Gasteiger partial charge in [0.1, 0.15) is 11.8 Å². The van der Waals surface area contributed by atoms with Crippen molar-refractivity contribution in [2.45, 2.75) is 0 Å². The largest absolute Gasteiger partial charge is 0.495 e. The highest BCUT2D eigenvalue weighted by atomic mass is 16.5. The summed E-state index contributed by atoms with van der Waals surface area (Å²) in [6, 6.07) is 7.56. The van der Waals surface area contributed by atoms with Gasteiger partial charge in [-0.1, -0.05) is 6.07 Å². The Labute approximate surface area is 78.2 Å². The summed E-state index contributed by atoms with van der Waals surface area (Å²) in [5.74, 6) is 0.726. The molecule has 0 bridgehead atoms. The molecule has 0 atom stereocenters. The molecule has 0 aliphatic rings. The summed E-state index contributed by atoms with van der Waals surface area (Å²) >= 11 is 0. The molecule has 1 aromatic carbocycles. The quantitative estimate of drug-likeness (QED) is 0.687. The van der Waals surface area contributed by atoms with E-state index in [2.05, 4.69) is 6.07 Å². The fourth-order valence-electron chi connectivity index (χ4n) is 1.24. The molecule has 0 N–H and O–H groups in total. The highest BCUT2D eigenvalue weighted by Gasteiger charge is 2.09. The molecule has 0 heterocycles. The second kappa shape index (κ2) is 3.81. The highest BCUT2D eigenvalue weighted by molar-refractivity contribution is 5.67. The van der Waals surface area contributed by atoms with Crippen LogP contribution in [0.25, 0.3) is 0 Å². The van der Waals surface area contributed by atoms with Crippen LogP contribution in [-0.4, -0.2) is 21.2 Å². The van der Waals surface area contributed by atoms with Crippen molar-refractivity contribution in [3.05, 3.63) is 23.8 Å². The van der Waals surface area contributed by atoms with Crippen molar-refractivity contribution in [2.75, 3.05) is 26.1 Å². The highest BCUT2D eigenvalue weighted by Crippen LogP contribution is 2.29. The van der Waals surface area contributed by atoms with Crippen molar-refractivity contribution in [1.82, 2.24) is 0 Å². The minimum Gasteiger partial charge on any atom is -0.495 e. The van der Waals surface area contributed by atoms with Crippen LogP contribution >= 0.6 is 0 Å². The molecule has 0 aliphatic carbocycles. The minimum absolute atomic E-state index is 0.629. The van der Waals surface area contributed by atoms with Gasteiger partial charge in [0.05, 0.1) is 18.4 Å². The van der Waals surface area contributed by atoms with Gasteiger partial charge in [-0.15, -0.1) is 0 Å². The number of rotatable bonds is 2. The number of methoxy groups -OCH3 is 1. The number of nitrogens with zero attached hydrogens (tertiary/aromatic N) is 2. The van der Waals surface area contributed by atoms with Crippen LogP contribution in [0.5, 0.6) is 5.75 Å². The van der Waals surface area contributed by atoms with Crippen molar-refractivity contribution < 1.29 is 4.74 Å². The molecule has 3 nitrogen and oxygen atoms in total. The van der Waals surface area contributed by atoms with Crippen molar-refractivity contribution in [2.24, 2.45) is 0 Å². The van der Waals surface area contributed by atoms with Gasteiger partial charge in [0.2, 0.25) is 0 Å². The van der Waals surface area contributed by atoms with Gasteiger partial charge in [0.25, 0.3) is 0 Å². The van der Waals surface area contributed by atoms with E-state index in [1.807, 2.05) is 31.1 Å². The maximum atomic E-state index is 8.86. The third kappa shape index (κ3) is 1.73. The van der Waals surface area contributed by atoms with E-state index in [-0.39, 0.29) is 0 Å². The number of para-hydroxylation sites is 1. The second-order valence-corrected chi connectivity index (χ2v) is 2.86. The van der Waals surface area contributed by atoms with E-state index in [1.165, 1.54) is 0 Å². The van der Waals surface area contributed by atoms with Crippen LogP contribution in [0.4, 0.5) is 5.69 Å². The third-order valence-corrected chi connectivity index (χ3v) is 1.79. The SMILES string of the molecule is COc1cccc(C#N)c1N(C)C. The van der Waals surface area contributed by atoms with Gasteiger partial charge in [-0.2, -0.15) is 5.26 Å². The van der Waals surface area contributed by atoms with E-state index in [1.54, 1.807) is 13.2 Å². The number of hydrogen-bond acceptors (Lipinski definition) is 3. The van der Waals surface area contributed by atoms with Crippen molar-refractivity contribution in [1.29, 1.82) is 5.26 Å². The van der Waals surface area contributed by atoms with E-state index in [0.29, 0.717) is 5.56 Å². The monoisotopic (exact) mass is 176 g/mol. The maximum Gasteiger partial charge on any atom is 0.143 e. The fourth-order valence-corrected chi connectivity index (χ4v) is 1.24. The topological polar surface area (TPSA) is 36.3 Å². The number of nitriles is 1. The van der Waals surface area contributed by atoms with Gasteiger partial charge in [-0.05, 0) is 12.1 Å². The molecule has 0 aliphatic heterocycles. The smallest absolute Gasteiger partial charge is 0.143 e. The first-order valence-electron chi connectivity index (χ1n) is 3.95. The lowest BCUT2D eigenvalue weighted by Crippen LogP contribution is -2.11. The van der Waals surface area contributed by atoms with E-state index < -0.39 is 0 Å². The Kier molecular flexibility index (Phi) is 2.76. The Morgan fingerprint density at radius 3 is 2.54 bits per heavy atom. The lowest BCUT2D eigenvalue weighted by Gasteiger charge is -2.17. The van der Waals surface area contributed by atoms with Crippen molar-refractivity contribution in [3.63, 3.8) is 0 Å². The van der Waals surface area contributed by atoms with Gasteiger partial charge >= 0.3 is 0 Å². The van der Waals surface area contributed by atoms with Crippen molar-refractivity contribution in [3.8, 4) is 11.8 Å². The molecule has 0 spiro atoms. The zero-order valence-electron chi connectivity index (χ0n) is 8.03. The number of hydrogen-bond donors (Lipinski definition) is 0. The predicted octanol–water partition coefficient (Wildman–Crippen LogP) is 1.63. The first-order valence-corrected chi connectivity index (χ1v) is 3.95. The fraction of sp³-hybridized carbons (Fsp3) is 0.300. The summed E-state index contributed by atoms with van der Waals surface area (Å²) in [6.07, 6.45) is 0. The zero-order valence-corrected chi connectivity index (χ0v) is 8.03. The molecule has 0 saturated heterocycles. The predicted molar refractivity (Wildman–Crippen MR) is 52.0 cm³/mol. The summed E-state index contributed by atoms with van der Waals surface area (Å²) < 4.78 is 5.16. The number of benzene rings is 1. The van der Waals surface area contributed by atoms with E-state index in [4.69, 9.17) is 10.00 Å². The van der Waals surface area contributed by atoms with Crippen LogP contribution in [0.3, 0.4) is 0 Å². The third-order valence-electron chi connectivity index (χ3n) is 1.79. The Morgan fingerprint density at radius 1 is 1.38 bits per heavy atom. The maximum absolute atomic E-state index is 8.86.